The SMILES string of the molecule is CCc1nccc(CN2CCC3(CC2)CC(=O)N(Cc2ccccn2)CCO3)n1. The lowest BCUT2D eigenvalue weighted by Crippen LogP contribution is -2.47. The minimum Gasteiger partial charge on any atom is -0.373 e. The molecule has 4 heterocycles. The van der Waals surface area contributed by atoms with Crippen LogP contribution in [0.4, 0.5) is 0 Å². The van der Waals surface area contributed by atoms with E-state index in [0.717, 1.165) is 56.1 Å². The Morgan fingerprint density at radius 1 is 1.03 bits per heavy atom. The molecule has 1 amide bonds. The predicted molar refractivity (Wildman–Crippen MR) is 109 cm³/mol. The van der Waals surface area contributed by atoms with Gasteiger partial charge in [-0.05, 0) is 31.0 Å². The third-order valence-electron chi connectivity index (χ3n) is 5.91. The fraction of sp³-hybridized carbons (Fsp3) is 0.545. The van der Waals surface area contributed by atoms with Crippen molar-refractivity contribution in [3.05, 3.63) is 53.9 Å². The average Bonchev–Trinajstić information content (AvgIpc) is 2.89. The smallest absolute Gasteiger partial charge is 0.225 e. The molecule has 2 aliphatic rings. The minimum atomic E-state index is -0.327. The largest absolute Gasteiger partial charge is 0.373 e. The van der Waals surface area contributed by atoms with Crippen molar-refractivity contribution in [1.29, 1.82) is 0 Å². The monoisotopic (exact) mass is 395 g/mol. The van der Waals surface area contributed by atoms with Crippen LogP contribution in [0, 0.1) is 0 Å². The van der Waals surface area contributed by atoms with Crippen molar-refractivity contribution in [2.75, 3.05) is 26.2 Å². The van der Waals surface area contributed by atoms with E-state index < -0.39 is 0 Å². The van der Waals surface area contributed by atoms with Gasteiger partial charge in [-0.15, -0.1) is 0 Å². The Morgan fingerprint density at radius 2 is 1.90 bits per heavy atom. The maximum absolute atomic E-state index is 12.9. The molecule has 0 radical (unpaired) electrons. The van der Waals surface area contributed by atoms with Crippen LogP contribution < -0.4 is 0 Å². The Kier molecular flexibility index (Phi) is 6.16. The fourth-order valence-electron chi connectivity index (χ4n) is 4.16. The second kappa shape index (κ2) is 8.97. The number of likely N-dealkylation sites (tertiary alicyclic amines) is 1. The first-order valence-corrected chi connectivity index (χ1v) is 10.5. The number of piperidine rings is 1. The normalized spacial score (nSPS) is 20.0. The molecule has 1 spiro atoms. The standard InChI is InChI=1S/C22H29N5O2/c1-2-20-24-10-6-19(25-20)16-26-11-7-22(8-12-26)15-21(28)27(13-14-29-22)17-18-5-3-4-9-23-18/h3-6,9-10H,2,7-8,11-17H2,1H3. The summed E-state index contributed by atoms with van der Waals surface area (Å²) in [6.45, 7) is 6.50. The zero-order chi connectivity index (χ0) is 20.1. The zero-order valence-corrected chi connectivity index (χ0v) is 17.1. The van der Waals surface area contributed by atoms with Crippen LogP contribution in [0.3, 0.4) is 0 Å². The van der Waals surface area contributed by atoms with Crippen molar-refractivity contribution in [1.82, 2.24) is 24.8 Å². The quantitative estimate of drug-likeness (QED) is 0.773. The van der Waals surface area contributed by atoms with E-state index in [1.807, 2.05) is 35.4 Å². The molecule has 0 saturated carbocycles. The van der Waals surface area contributed by atoms with Gasteiger partial charge in [-0.1, -0.05) is 13.0 Å². The first-order valence-electron chi connectivity index (χ1n) is 10.5. The molecule has 29 heavy (non-hydrogen) atoms. The summed E-state index contributed by atoms with van der Waals surface area (Å²) in [6, 6.07) is 7.80. The van der Waals surface area contributed by atoms with E-state index in [0.29, 0.717) is 26.1 Å². The maximum Gasteiger partial charge on any atom is 0.225 e. The number of amides is 1. The summed E-state index contributed by atoms with van der Waals surface area (Å²) in [6.07, 6.45) is 6.68. The third kappa shape index (κ3) is 4.97. The second-order valence-electron chi connectivity index (χ2n) is 7.94. The lowest BCUT2D eigenvalue weighted by atomic mass is 9.87. The summed E-state index contributed by atoms with van der Waals surface area (Å²) in [7, 11) is 0. The molecule has 0 atom stereocenters. The number of carbonyl (C=O) groups excluding carboxylic acids is 1. The lowest BCUT2D eigenvalue weighted by Gasteiger charge is -2.40. The summed E-state index contributed by atoms with van der Waals surface area (Å²) in [5, 5.41) is 0. The van der Waals surface area contributed by atoms with Crippen LogP contribution in [0.5, 0.6) is 0 Å². The van der Waals surface area contributed by atoms with Gasteiger partial charge < -0.3 is 9.64 Å². The van der Waals surface area contributed by atoms with Gasteiger partial charge in [0.1, 0.15) is 5.82 Å². The molecule has 0 unspecified atom stereocenters. The number of hydrogen-bond donors (Lipinski definition) is 0. The van der Waals surface area contributed by atoms with Crippen LogP contribution in [0.15, 0.2) is 36.7 Å². The van der Waals surface area contributed by atoms with E-state index in [1.165, 1.54) is 0 Å². The summed E-state index contributed by atoms with van der Waals surface area (Å²) < 4.78 is 6.27. The summed E-state index contributed by atoms with van der Waals surface area (Å²) in [4.78, 5) is 30.5. The Bertz CT molecular complexity index is 821. The van der Waals surface area contributed by atoms with Crippen molar-refractivity contribution in [3.63, 3.8) is 0 Å². The number of rotatable bonds is 5. The predicted octanol–water partition coefficient (Wildman–Crippen LogP) is 2.22. The van der Waals surface area contributed by atoms with Crippen molar-refractivity contribution in [2.24, 2.45) is 0 Å². The zero-order valence-electron chi connectivity index (χ0n) is 17.1. The van der Waals surface area contributed by atoms with Gasteiger partial charge in [-0.3, -0.25) is 14.7 Å². The highest BCUT2D eigenvalue weighted by atomic mass is 16.5. The molecule has 0 aromatic carbocycles. The van der Waals surface area contributed by atoms with E-state index in [9.17, 15) is 4.79 Å². The molecule has 2 saturated heterocycles. The Balaban J connectivity index is 1.33. The van der Waals surface area contributed by atoms with Crippen molar-refractivity contribution in [3.8, 4) is 0 Å². The number of ether oxygens (including phenoxy) is 1. The molecule has 0 bridgehead atoms. The Hall–Kier alpha value is -2.38. The summed E-state index contributed by atoms with van der Waals surface area (Å²) in [5.41, 5.74) is 1.65. The highest BCUT2D eigenvalue weighted by Crippen LogP contribution is 2.33. The van der Waals surface area contributed by atoms with Gasteiger partial charge in [0, 0.05) is 45.0 Å². The van der Waals surface area contributed by atoms with Crippen LogP contribution in [0.2, 0.25) is 0 Å². The van der Waals surface area contributed by atoms with Gasteiger partial charge in [0.05, 0.1) is 36.6 Å². The number of hydrogen-bond acceptors (Lipinski definition) is 6. The lowest BCUT2D eigenvalue weighted by molar-refractivity contribution is -0.136. The molecular formula is C22H29N5O2. The first kappa shape index (κ1) is 19.9. The van der Waals surface area contributed by atoms with E-state index in [2.05, 4.69) is 26.8 Å². The van der Waals surface area contributed by atoms with Gasteiger partial charge in [-0.2, -0.15) is 0 Å². The van der Waals surface area contributed by atoms with E-state index in [-0.39, 0.29) is 11.5 Å². The third-order valence-corrected chi connectivity index (χ3v) is 5.91. The second-order valence-corrected chi connectivity index (χ2v) is 7.94. The number of nitrogens with zero attached hydrogens (tertiary/aromatic N) is 5. The van der Waals surface area contributed by atoms with Crippen molar-refractivity contribution < 1.29 is 9.53 Å². The molecular weight excluding hydrogens is 366 g/mol. The average molecular weight is 396 g/mol. The molecule has 4 rings (SSSR count). The van der Waals surface area contributed by atoms with E-state index >= 15 is 0 Å². The number of pyridine rings is 1. The number of aryl methyl sites for hydroxylation is 1. The van der Waals surface area contributed by atoms with Gasteiger partial charge in [-0.25, -0.2) is 9.97 Å². The minimum absolute atomic E-state index is 0.171. The van der Waals surface area contributed by atoms with Crippen molar-refractivity contribution >= 4 is 5.91 Å². The molecule has 154 valence electrons. The topological polar surface area (TPSA) is 71.5 Å². The Morgan fingerprint density at radius 3 is 2.66 bits per heavy atom. The van der Waals surface area contributed by atoms with Crippen LogP contribution in [-0.2, 0) is 29.0 Å². The molecule has 0 aliphatic carbocycles. The van der Waals surface area contributed by atoms with Gasteiger partial charge in [0.25, 0.3) is 0 Å². The van der Waals surface area contributed by atoms with E-state index in [1.54, 1.807) is 6.20 Å². The first-order chi connectivity index (χ1) is 14.2. The molecule has 2 fully saturated rings. The van der Waals surface area contributed by atoms with Crippen LogP contribution in [-0.4, -0.2) is 62.5 Å². The number of carbonyl (C=O) groups is 1. The molecule has 2 aromatic rings. The fourth-order valence-corrected chi connectivity index (χ4v) is 4.16. The Labute approximate surface area is 172 Å². The van der Waals surface area contributed by atoms with Crippen LogP contribution in [0.1, 0.15) is 43.4 Å². The summed E-state index contributed by atoms with van der Waals surface area (Å²) in [5.74, 6) is 1.06. The highest BCUT2D eigenvalue weighted by molar-refractivity contribution is 5.77. The van der Waals surface area contributed by atoms with Gasteiger partial charge >= 0.3 is 0 Å². The number of aromatic nitrogens is 3. The molecule has 7 heteroatoms. The highest BCUT2D eigenvalue weighted by Gasteiger charge is 2.40. The van der Waals surface area contributed by atoms with Gasteiger partial charge in [0.15, 0.2) is 0 Å². The van der Waals surface area contributed by atoms with E-state index in [4.69, 9.17) is 4.74 Å². The molecule has 2 aromatic heterocycles. The summed E-state index contributed by atoms with van der Waals surface area (Å²) >= 11 is 0. The van der Waals surface area contributed by atoms with Crippen LogP contribution in [0.25, 0.3) is 0 Å². The van der Waals surface area contributed by atoms with Gasteiger partial charge in [0.2, 0.25) is 5.91 Å². The molecule has 2 aliphatic heterocycles. The molecule has 0 N–H and O–H groups in total. The maximum atomic E-state index is 12.9. The van der Waals surface area contributed by atoms with Crippen LogP contribution >= 0.6 is 0 Å². The molecule has 7 nitrogen and oxygen atoms in total. The van der Waals surface area contributed by atoms with Crippen molar-refractivity contribution in [2.45, 2.75) is 51.3 Å².